The number of hydrogen-bond donors (Lipinski definition) is 1. The number of aromatic nitrogens is 2. The Morgan fingerprint density at radius 3 is 2.54 bits per heavy atom. The zero-order valence-electron chi connectivity index (χ0n) is 6.71. The minimum atomic E-state index is -2.87. The number of nitrogens with zero attached hydrogens (tertiary/aromatic N) is 2. The van der Waals surface area contributed by atoms with Crippen LogP contribution in [0, 0.1) is 6.92 Å². The molecule has 1 rings (SSSR count). The molecule has 1 atom stereocenters. The summed E-state index contributed by atoms with van der Waals surface area (Å²) in [4.78, 5) is 7.15. The lowest BCUT2D eigenvalue weighted by atomic mass is 10.2. The number of hydrogen-bond acceptors (Lipinski definition) is 3. The average molecular weight is 209 g/mol. The van der Waals surface area contributed by atoms with Crippen molar-refractivity contribution in [3.05, 3.63) is 22.7 Å². The largest absolute Gasteiger partial charge is 0.381 e. The summed E-state index contributed by atoms with van der Waals surface area (Å²) < 4.78 is 24.0. The van der Waals surface area contributed by atoms with Crippen LogP contribution in [0.4, 0.5) is 8.78 Å². The fourth-order valence-electron chi connectivity index (χ4n) is 0.836. The van der Waals surface area contributed by atoms with Gasteiger partial charge in [0, 0.05) is 5.69 Å². The van der Waals surface area contributed by atoms with Gasteiger partial charge in [0.05, 0.1) is 5.69 Å². The molecule has 6 heteroatoms. The molecule has 0 bridgehead atoms. The van der Waals surface area contributed by atoms with Crippen LogP contribution in [0.15, 0.2) is 6.07 Å². The molecular weight excluding hydrogens is 202 g/mol. The zero-order valence-corrected chi connectivity index (χ0v) is 7.46. The van der Waals surface area contributed by atoms with E-state index in [2.05, 4.69) is 9.97 Å². The Morgan fingerprint density at radius 2 is 2.08 bits per heavy atom. The van der Waals surface area contributed by atoms with E-state index in [4.69, 9.17) is 16.7 Å². The molecular formula is C7H7ClF2N2O. The Kier molecular flexibility index (Phi) is 3.11. The quantitative estimate of drug-likeness (QED) is 0.753. The first-order valence-electron chi connectivity index (χ1n) is 3.48. The molecule has 0 saturated carbocycles. The molecule has 0 aliphatic rings. The van der Waals surface area contributed by atoms with Gasteiger partial charge in [0.1, 0.15) is 0 Å². The molecule has 3 nitrogen and oxygen atoms in total. The summed E-state index contributed by atoms with van der Waals surface area (Å²) in [6.07, 6.45) is -4.77. The van der Waals surface area contributed by atoms with Gasteiger partial charge in [-0.15, -0.1) is 0 Å². The van der Waals surface area contributed by atoms with Crippen molar-refractivity contribution >= 4 is 11.6 Å². The molecule has 0 fully saturated rings. The van der Waals surface area contributed by atoms with Gasteiger partial charge in [-0.3, -0.25) is 0 Å². The summed E-state index contributed by atoms with van der Waals surface area (Å²) in [5, 5.41) is 8.80. The van der Waals surface area contributed by atoms with Gasteiger partial charge in [0.25, 0.3) is 6.43 Å². The van der Waals surface area contributed by atoms with Crippen LogP contribution >= 0.6 is 11.6 Å². The number of halogens is 3. The Balaban J connectivity index is 3.01. The summed E-state index contributed by atoms with van der Waals surface area (Å²) in [5.74, 6) is 0. The van der Waals surface area contributed by atoms with Crippen LogP contribution in [0.3, 0.4) is 0 Å². The van der Waals surface area contributed by atoms with E-state index in [1.165, 1.54) is 6.07 Å². The molecule has 0 spiro atoms. The molecule has 0 saturated heterocycles. The van der Waals surface area contributed by atoms with Crippen LogP contribution in [-0.2, 0) is 0 Å². The Labute approximate surface area is 78.4 Å². The minimum Gasteiger partial charge on any atom is -0.381 e. The van der Waals surface area contributed by atoms with Crippen LogP contribution in [0.1, 0.15) is 17.5 Å². The maximum Gasteiger partial charge on any atom is 0.269 e. The lowest BCUT2D eigenvalue weighted by Crippen LogP contribution is -2.10. The minimum absolute atomic E-state index is 0.144. The SMILES string of the molecule is Cc1cc(C(O)C(F)F)nc(Cl)n1. The molecule has 0 aromatic carbocycles. The second kappa shape index (κ2) is 3.93. The van der Waals surface area contributed by atoms with Gasteiger partial charge in [-0.05, 0) is 24.6 Å². The first-order chi connectivity index (χ1) is 6.00. The summed E-state index contributed by atoms with van der Waals surface area (Å²) in [6, 6.07) is 1.27. The predicted molar refractivity (Wildman–Crippen MR) is 42.7 cm³/mol. The number of aliphatic hydroxyl groups excluding tert-OH is 1. The second-order valence-corrected chi connectivity index (χ2v) is 2.82. The first kappa shape index (κ1) is 10.3. The molecule has 0 amide bonds. The molecule has 0 aliphatic carbocycles. The van der Waals surface area contributed by atoms with E-state index in [0.717, 1.165) is 0 Å². The lowest BCUT2D eigenvalue weighted by molar-refractivity contribution is -0.00830. The second-order valence-electron chi connectivity index (χ2n) is 2.48. The molecule has 72 valence electrons. The van der Waals surface area contributed by atoms with Gasteiger partial charge >= 0.3 is 0 Å². The highest BCUT2D eigenvalue weighted by molar-refractivity contribution is 6.28. The van der Waals surface area contributed by atoms with Crippen molar-refractivity contribution in [3.8, 4) is 0 Å². The molecule has 13 heavy (non-hydrogen) atoms. The van der Waals surface area contributed by atoms with Crippen molar-refractivity contribution in [3.63, 3.8) is 0 Å². The van der Waals surface area contributed by atoms with Crippen LogP contribution in [0.5, 0.6) is 0 Å². The molecule has 1 aromatic heterocycles. The fraction of sp³-hybridized carbons (Fsp3) is 0.429. The van der Waals surface area contributed by atoms with E-state index in [1.54, 1.807) is 6.92 Å². The number of aliphatic hydroxyl groups is 1. The number of alkyl halides is 2. The van der Waals surface area contributed by atoms with Gasteiger partial charge in [-0.1, -0.05) is 0 Å². The maximum absolute atomic E-state index is 12.0. The van der Waals surface area contributed by atoms with Crippen LogP contribution in [0.2, 0.25) is 5.28 Å². The highest BCUT2D eigenvalue weighted by Gasteiger charge is 2.21. The third-order valence-corrected chi connectivity index (χ3v) is 1.56. The van der Waals surface area contributed by atoms with E-state index in [1.807, 2.05) is 0 Å². The summed E-state index contributed by atoms with van der Waals surface area (Å²) in [7, 11) is 0. The average Bonchev–Trinajstić information content (AvgIpc) is 2.01. The van der Waals surface area contributed by atoms with Gasteiger partial charge in [-0.2, -0.15) is 0 Å². The molecule has 1 N–H and O–H groups in total. The third-order valence-electron chi connectivity index (χ3n) is 1.39. The monoisotopic (exact) mass is 208 g/mol. The molecule has 0 radical (unpaired) electrons. The summed E-state index contributed by atoms with van der Waals surface area (Å²) in [6.45, 7) is 1.58. The van der Waals surface area contributed by atoms with E-state index in [9.17, 15) is 8.78 Å². The standard InChI is InChI=1S/C7H7ClF2N2O/c1-3-2-4(5(13)6(9)10)12-7(8)11-3/h2,5-6,13H,1H3. The molecule has 1 aromatic rings. The Morgan fingerprint density at radius 1 is 1.46 bits per heavy atom. The zero-order chi connectivity index (χ0) is 10.0. The number of aryl methyl sites for hydroxylation is 1. The van der Waals surface area contributed by atoms with Crippen molar-refractivity contribution in [1.82, 2.24) is 9.97 Å². The first-order valence-corrected chi connectivity index (χ1v) is 3.86. The maximum atomic E-state index is 12.0. The highest BCUT2D eigenvalue weighted by Crippen LogP contribution is 2.19. The Hall–Kier alpha value is -0.810. The molecule has 1 heterocycles. The molecule has 1 unspecified atom stereocenters. The smallest absolute Gasteiger partial charge is 0.269 e. The van der Waals surface area contributed by atoms with Crippen molar-refractivity contribution in [2.45, 2.75) is 19.5 Å². The van der Waals surface area contributed by atoms with Gasteiger partial charge in [0.2, 0.25) is 5.28 Å². The van der Waals surface area contributed by atoms with Gasteiger partial charge < -0.3 is 5.11 Å². The topological polar surface area (TPSA) is 46.0 Å². The highest BCUT2D eigenvalue weighted by atomic mass is 35.5. The van der Waals surface area contributed by atoms with E-state index in [-0.39, 0.29) is 11.0 Å². The summed E-state index contributed by atoms with van der Waals surface area (Å²) in [5.41, 5.74) is 0.280. The number of rotatable bonds is 2. The fourth-order valence-corrected chi connectivity index (χ4v) is 1.07. The lowest BCUT2D eigenvalue weighted by Gasteiger charge is -2.08. The van der Waals surface area contributed by atoms with E-state index >= 15 is 0 Å². The normalized spacial score (nSPS) is 13.4. The van der Waals surface area contributed by atoms with Gasteiger partial charge in [-0.25, -0.2) is 18.7 Å². The summed E-state index contributed by atoms with van der Waals surface area (Å²) >= 11 is 5.42. The van der Waals surface area contributed by atoms with Crippen LogP contribution in [0.25, 0.3) is 0 Å². The van der Waals surface area contributed by atoms with Crippen LogP contribution in [-0.4, -0.2) is 21.5 Å². The predicted octanol–water partition coefficient (Wildman–Crippen LogP) is 1.74. The Bertz CT molecular complexity index is 288. The van der Waals surface area contributed by atoms with Crippen molar-refractivity contribution in [2.24, 2.45) is 0 Å². The van der Waals surface area contributed by atoms with Gasteiger partial charge in [0.15, 0.2) is 6.10 Å². The van der Waals surface area contributed by atoms with Crippen molar-refractivity contribution < 1.29 is 13.9 Å². The van der Waals surface area contributed by atoms with E-state index in [0.29, 0.717) is 5.69 Å². The van der Waals surface area contributed by atoms with Crippen molar-refractivity contribution in [1.29, 1.82) is 0 Å². The third kappa shape index (κ3) is 2.57. The molecule has 0 aliphatic heterocycles. The van der Waals surface area contributed by atoms with Crippen LogP contribution < -0.4 is 0 Å². The van der Waals surface area contributed by atoms with Crippen molar-refractivity contribution in [2.75, 3.05) is 0 Å². The van der Waals surface area contributed by atoms with E-state index < -0.39 is 12.5 Å².